The van der Waals surface area contributed by atoms with Crippen molar-refractivity contribution in [3.8, 4) is 0 Å². The molecule has 164 valence electrons. The second-order valence-corrected chi connectivity index (χ2v) is 9.96. The van der Waals surface area contributed by atoms with Crippen LogP contribution in [0.5, 0.6) is 0 Å². The Morgan fingerprint density at radius 2 is 1.93 bits per heavy atom. The number of rotatable bonds is 4. The Balaban J connectivity index is 0.000000370. The predicted octanol–water partition coefficient (Wildman–Crippen LogP) is 2.35. The lowest BCUT2D eigenvalue weighted by Crippen LogP contribution is -2.32. The molecule has 0 radical (unpaired) electrons. The highest BCUT2D eigenvalue weighted by Crippen LogP contribution is 2.34. The van der Waals surface area contributed by atoms with Crippen molar-refractivity contribution in [2.45, 2.75) is 38.0 Å². The molecule has 2 heterocycles. The van der Waals surface area contributed by atoms with E-state index in [1.165, 1.54) is 0 Å². The number of aryl methyl sites for hydroxylation is 1. The summed E-state index contributed by atoms with van der Waals surface area (Å²) in [5, 5.41) is 18.1. The third-order valence-corrected chi connectivity index (χ3v) is 7.23. The summed E-state index contributed by atoms with van der Waals surface area (Å²) in [6.07, 6.45) is -2.61. The smallest absolute Gasteiger partial charge is 0.475 e. The first-order valence-electron chi connectivity index (χ1n) is 9.34. The lowest BCUT2D eigenvalue weighted by molar-refractivity contribution is -0.192. The average Bonchev–Trinajstić information content (AvgIpc) is 3.16. The average molecular weight is 437 g/mol. The quantitative estimate of drug-likeness (QED) is 0.751. The highest BCUT2D eigenvalue weighted by Gasteiger charge is 2.39. The van der Waals surface area contributed by atoms with E-state index < -0.39 is 27.6 Å². The van der Waals surface area contributed by atoms with Crippen molar-refractivity contribution in [1.82, 2.24) is 4.90 Å². The Morgan fingerprint density at radius 3 is 2.45 bits per heavy atom. The van der Waals surface area contributed by atoms with Gasteiger partial charge in [-0.3, -0.25) is 4.90 Å². The van der Waals surface area contributed by atoms with Crippen molar-refractivity contribution >= 4 is 15.8 Å². The number of carbonyl (C=O) groups is 1. The highest BCUT2D eigenvalue weighted by atomic mass is 32.2. The minimum Gasteiger partial charge on any atom is -0.475 e. The molecule has 29 heavy (non-hydrogen) atoms. The first-order chi connectivity index (χ1) is 13.3. The second-order valence-electron chi connectivity index (χ2n) is 7.73. The van der Waals surface area contributed by atoms with Gasteiger partial charge in [0.15, 0.2) is 9.84 Å². The molecule has 3 rings (SSSR count). The van der Waals surface area contributed by atoms with E-state index in [1.807, 2.05) is 31.2 Å². The molecule has 2 saturated heterocycles. The van der Waals surface area contributed by atoms with Gasteiger partial charge < -0.3 is 10.2 Å². The topological polar surface area (TPSA) is 94.9 Å². The second kappa shape index (κ2) is 9.01. The van der Waals surface area contributed by atoms with Crippen molar-refractivity contribution < 1.29 is 36.6 Å². The predicted molar refractivity (Wildman–Crippen MR) is 101 cm³/mol. The van der Waals surface area contributed by atoms with E-state index in [0.29, 0.717) is 24.0 Å². The van der Waals surface area contributed by atoms with Crippen LogP contribution in [0.2, 0.25) is 0 Å². The Bertz CT molecular complexity index is 827. The van der Waals surface area contributed by atoms with Crippen LogP contribution < -0.4 is 0 Å². The Labute approximate surface area is 168 Å². The van der Waals surface area contributed by atoms with Gasteiger partial charge in [0, 0.05) is 13.1 Å². The number of likely N-dealkylation sites (tertiary alicyclic amines) is 1. The molecular formula is C19H26F3NO5S. The molecule has 0 saturated carbocycles. The van der Waals surface area contributed by atoms with Gasteiger partial charge in [-0.2, -0.15) is 13.2 Å². The van der Waals surface area contributed by atoms with Gasteiger partial charge in [0.05, 0.1) is 11.5 Å². The molecule has 6 nitrogen and oxygen atoms in total. The van der Waals surface area contributed by atoms with Gasteiger partial charge in [-0.1, -0.05) is 24.3 Å². The van der Waals surface area contributed by atoms with Crippen LogP contribution >= 0.6 is 0 Å². The standard InChI is InChI=1S/C17H25NO3S.C2HF3O2/c1-14-4-2-3-5-16(14)17(19)8-10-18(13-17)9-6-15-7-11-22(20,21)12-15;3-2(4,5)1(6)7/h2-5,15,19H,6-13H2,1H3;(H,6,7). The summed E-state index contributed by atoms with van der Waals surface area (Å²) in [4.78, 5) is 11.2. The van der Waals surface area contributed by atoms with Crippen LogP contribution in [-0.2, 0) is 20.2 Å². The lowest BCUT2D eigenvalue weighted by atomic mass is 9.89. The van der Waals surface area contributed by atoms with Crippen molar-refractivity contribution in [2.24, 2.45) is 5.92 Å². The molecule has 0 amide bonds. The minimum atomic E-state index is -5.08. The summed E-state index contributed by atoms with van der Waals surface area (Å²) in [5.74, 6) is -1.75. The SMILES string of the molecule is Cc1ccccc1C1(O)CCN(CCC2CCS(=O)(=O)C2)C1.O=C(O)C(F)(F)F. The van der Waals surface area contributed by atoms with E-state index in [9.17, 15) is 26.7 Å². The van der Waals surface area contributed by atoms with Crippen LogP contribution in [-0.4, -0.2) is 66.8 Å². The molecule has 0 aromatic heterocycles. The normalized spacial score (nSPS) is 26.7. The van der Waals surface area contributed by atoms with Crippen molar-refractivity contribution in [2.75, 3.05) is 31.1 Å². The maximum atomic E-state index is 11.5. The van der Waals surface area contributed by atoms with Crippen LogP contribution in [0.4, 0.5) is 13.2 Å². The van der Waals surface area contributed by atoms with Crippen molar-refractivity contribution in [3.05, 3.63) is 35.4 Å². The van der Waals surface area contributed by atoms with Gasteiger partial charge in [-0.15, -0.1) is 0 Å². The molecule has 0 bridgehead atoms. The molecule has 1 aromatic carbocycles. The number of nitrogens with zero attached hydrogens (tertiary/aromatic N) is 1. The highest BCUT2D eigenvalue weighted by molar-refractivity contribution is 7.91. The zero-order chi connectivity index (χ0) is 21.9. The van der Waals surface area contributed by atoms with Gasteiger partial charge in [0.1, 0.15) is 5.60 Å². The van der Waals surface area contributed by atoms with Gasteiger partial charge in [-0.25, -0.2) is 13.2 Å². The molecule has 0 aliphatic carbocycles. The van der Waals surface area contributed by atoms with E-state index in [-0.39, 0.29) is 0 Å². The summed E-state index contributed by atoms with van der Waals surface area (Å²) in [5.41, 5.74) is 1.40. The molecule has 0 spiro atoms. The monoisotopic (exact) mass is 437 g/mol. The summed E-state index contributed by atoms with van der Waals surface area (Å²) < 4.78 is 54.8. The minimum absolute atomic E-state index is 0.303. The number of halogens is 3. The number of β-amino-alcohol motifs (C(OH)–C–C–N with tert-alkyl or cyclic N) is 1. The largest absolute Gasteiger partial charge is 0.490 e. The van der Waals surface area contributed by atoms with Crippen LogP contribution in [0, 0.1) is 12.8 Å². The third-order valence-electron chi connectivity index (χ3n) is 5.40. The van der Waals surface area contributed by atoms with E-state index >= 15 is 0 Å². The fourth-order valence-corrected chi connectivity index (χ4v) is 5.75. The number of aliphatic carboxylic acids is 1. The Morgan fingerprint density at radius 1 is 1.31 bits per heavy atom. The van der Waals surface area contributed by atoms with Gasteiger partial charge in [0.2, 0.25) is 0 Å². The molecule has 2 aliphatic rings. The number of hydrogen-bond donors (Lipinski definition) is 2. The summed E-state index contributed by atoms with van der Waals surface area (Å²) >= 11 is 0. The molecule has 2 fully saturated rings. The molecule has 2 atom stereocenters. The van der Waals surface area contributed by atoms with Crippen LogP contribution in [0.15, 0.2) is 24.3 Å². The van der Waals surface area contributed by atoms with E-state index in [0.717, 1.165) is 43.5 Å². The lowest BCUT2D eigenvalue weighted by Gasteiger charge is -2.26. The molecule has 2 unspecified atom stereocenters. The third kappa shape index (κ3) is 6.68. The molecule has 1 aromatic rings. The first kappa shape index (κ1) is 23.6. The summed E-state index contributed by atoms with van der Waals surface area (Å²) in [6.45, 7) is 4.45. The molecule has 10 heteroatoms. The fourth-order valence-electron chi connectivity index (χ4n) is 3.84. The number of benzene rings is 1. The maximum absolute atomic E-state index is 11.5. The van der Waals surface area contributed by atoms with Gasteiger partial charge in [-0.05, 0) is 49.8 Å². The van der Waals surface area contributed by atoms with Crippen LogP contribution in [0.1, 0.15) is 30.4 Å². The number of hydrogen-bond acceptors (Lipinski definition) is 5. The van der Waals surface area contributed by atoms with Crippen LogP contribution in [0.3, 0.4) is 0 Å². The van der Waals surface area contributed by atoms with Crippen LogP contribution in [0.25, 0.3) is 0 Å². The Kier molecular flexibility index (Phi) is 7.34. The summed E-state index contributed by atoms with van der Waals surface area (Å²) in [6, 6.07) is 8.03. The maximum Gasteiger partial charge on any atom is 0.490 e. The van der Waals surface area contributed by atoms with Crippen molar-refractivity contribution in [3.63, 3.8) is 0 Å². The van der Waals surface area contributed by atoms with Gasteiger partial charge in [0.25, 0.3) is 0 Å². The number of carboxylic acids is 1. The van der Waals surface area contributed by atoms with Crippen molar-refractivity contribution in [1.29, 1.82) is 0 Å². The van der Waals surface area contributed by atoms with Gasteiger partial charge >= 0.3 is 12.1 Å². The zero-order valence-corrected chi connectivity index (χ0v) is 17.0. The molecule has 2 aliphatic heterocycles. The van der Waals surface area contributed by atoms with E-state index in [2.05, 4.69) is 4.90 Å². The van der Waals surface area contributed by atoms with E-state index in [4.69, 9.17) is 9.90 Å². The number of aliphatic hydroxyl groups is 1. The number of sulfone groups is 1. The molecular weight excluding hydrogens is 411 g/mol. The summed E-state index contributed by atoms with van der Waals surface area (Å²) in [7, 11) is -2.78. The number of alkyl halides is 3. The molecule has 2 N–H and O–H groups in total. The Hall–Kier alpha value is -1.65. The first-order valence-corrected chi connectivity index (χ1v) is 11.2. The number of carboxylic acid groups (broad SMARTS) is 1. The zero-order valence-electron chi connectivity index (χ0n) is 16.2. The van der Waals surface area contributed by atoms with E-state index in [1.54, 1.807) is 0 Å². The fraction of sp³-hybridized carbons (Fsp3) is 0.632.